The quantitative estimate of drug-likeness (QED) is 0.202. The molecule has 0 bridgehead atoms. The Labute approximate surface area is 260 Å². The third-order valence-electron chi connectivity index (χ3n) is 11.4. The zero-order chi connectivity index (χ0) is 32.6. The van der Waals surface area contributed by atoms with Crippen LogP contribution in [0.4, 0.5) is 0 Å². The first kappa shape index (κ1) is 36.4. The SMILES string of the molecule is CC(C)(C)[Si](C)(C)[Si](OC(C#N)(C(=O)OCc1ccccc1)c1ccccc1)([Si](C)(C)C(C)(C)C)[Si](C)(C)C(C)(C)C. The molecule has 0 fully saturated rings. The Kier molecular flexibility index (Phi) is 10.4. The standard InChI is InChI=1S/C34H57NO3Si4/c1-31(2,3)39(10,11)42(40(12,13)32(4,5)6,41(14,15)33(7,8)9)38-34(27-35,29-24-20-17-21-25-29)30(36)37-26-28-22-18-16-19-23-28/h16-25H,26H2,1-15H3. The number of benzene rings is 2. The van der Waals surface area contributed by atoms with Gasteiger partial charge in [0.05, 0.1) is 22.8 Å². The summed E-state index contributed by atoms with van der Waals surface area (Å²) in [5.41, 5.74) is -0.408. The van der Waals surface area contributed by atoms with Gasteiger partial charge in [0.2, 0.25) is 0 Å². The zero-order valence-corrected chi connectivity index (χ0v) is 33.2. The molecule has 0 aliphatic heterocycles. The van der Waals surface area contributed by atoms with E-state index in [2.05, 4.69) is 108 Å². The maximum Gasteiger partial charge on any atom is 0.357 e. The lowest BCUT2D eigenvalue weighted by atomic mass is 9.96. The minimum atomic E-state index is -3.00. The molecule has 0 spiro atoms. The average molecular weight is 640 g/mol. The van der Waals surface area contributed by atoms with Gasteiger partial charge in [-0.3, -0.25) is 0 Å². The maximum absolute atomic E-state index is 14.6. The van der Waals surface area contributed by atoms with Gasteiger partial charge < -0.3 is 9.16 Å². The molecule has 0 aliphatic rings. The van der Waals surface area contributed by atoms with Crippen LogP contribution in [0.15, 0.2) is 60.7 Å². The lowest BCUT2D eigenvalue weighted by molar-refractivity contribution is -0.160. The van der Waals surface area contributed by atoms with Crippen molar-refractivity contribution in [3.8, 4) is 6.07 Å². The summed E-state index contributed by atoms with van der Waals surface area (Å²) in [5, 5.41) is 11.2. The number of esters is 1. The Morgan fingerprint density at radius 1 is 0.667 bits per heavy atom. The van der Waals surface area contributed by atoms with Gasteiger partial charge >= 0.3 is 5.97 Å². The fourth-order valence-corrected chi connectivity index (χ4v) is 105. The van der Waals surface area contributed by atoms with Crippen molar-refractivity contribution in [3.63, 3.8) is 0 Å². The van der Waals surface area contributed by atoms with Crippen molar-refractivity contribution in [1.82, 2.24) is 0 Å². The zero-order valence-electron chi connectivity index (χ0n) is 29.2. The molecule has 0 heterocycles. The Hall–Kier alpha value is -1.77. The fourth-order valence-electron chi connectivity index (χ4n) is 6.39. The van der Waals surface area contributed by atoms with Gasteiger partial charge in [0.15, 0.2) is 6.87 Å². The molecular weight excluding hydrogens is 583 g/mol. The summed E-state index contributed by atoms with van der Waals surface area (Å²) in [6.07, 6.45) is 0. The number of ether oxygens (including phenoxy) is 1. The van der Waals surface area contributed by atoms with Crippen LogP contribution in [0.2, 0.25) is 54.4 Å². The molecule has 1 atom stereocenters. The molecule has 42 heavy (non-hydrogen) atoms. The minimum Gasteiger partial charge on any atom is -0.458 e. The molecule has 0 amide bonds. The van der Waals surface area contributed by atoms with Gasteiger partial charge in [0.1, 0.15) is 12.7 Å². The fraction of sp³-hybridized carbons (Fsp3) is 0.588. The lowest BCUT2D eigenvalue weighted by Crippen LogP contribution is -2.92. The van der Waals surface area contributed by atoms with Crippen molar-refractivity contribution in [2.24, 2.45) is 0 Å². The van der Waals surface area contributed by atoms with Crippen molar-refractivity contribution in [2.75, 3.05) is 0 Å². The number of carbonyl (C=O) groups excluding carboxylic acids is 1. The summed E-state index contributed by atoms with van der Waals surface area (Å²) in [6, 6.07) is 21.6. The van der Waals surface area contributed by atoms with Gasteiger partial charge in [-0.05, 0) is 20.7 Å². The molecule has 232 valence electrons. The van der Waals surface area contributed by atoms with Gasteiger partial charge in [0, 0.05) is 5.56 Å². The first-order valence-corrected chi connectivity index (χ1v) is 29.2. The summed E-state index contributed by atoms with van der Waals surface area (Å²) < 4.78 is 14.0. The number of carbonyl (C=O) groups is 1. The molecule has 0 aromatic heterocycles. The second-order valence-corrected chi connectivity index (χ2v) is 54.5. The monoisotopic (exact) mass is 639 g/mol. The van der Waals surface area contributed by atoms with Crippen LogP contribution in [0.1, 0.15) is 73.4 Å². The number of nitriles is 1. The van der Waals surface area contributed by atoms with Crippen molar-refractivity contribution in [2.45, 2.75) is 129 Å². The third kappa shape index (κ3) is 5.97. The van der Waals surface area contributed by atoms with E-state index in [0.717, 1.165) is 5.56 Å². The van der Waals surface area contributed by atoms with Gasteiger partial charge in [-0.25, -0.2) is 4.79 Å². The van der Waals surface area contributed by atoms with Crippen LogP contribution in [-0.4, -0.2) is 35.6 Å². The molecule has 4 nitrogen and oxygen atoms in total. The lowest BCUT2D eigenvalue weighted by Gasteiger charge is -2.68. The minimum absolute atomic E-state index is 0.0178. The molecule has 0 saturated carbocycles. The highest BCUT2D eigenvalue weighted by atomic mass is 29.9. The first-order valence-electron chi connectivity index (χ1n) is 15.3. The predicted octanol–water partition coefficient (Wildman–Crippen LogP) is 9.87. The highest BCUT2D eigenvalue weighted by Crippen LogP contribution is 2.60. The van der Waals surface area contributed by atoms with Crippen LogP contribution >= 0.6 is 0 Å². The van der Waals surface area contributed by atoms with Crippen LogP contribution in [0.5, 0.6) is 0 Å². The molecule has 2 rings (SSSR count). The van der Waals surface area contributed by atoms with E-state index in [1.165, 1.54) is 0 Å². The largest absolute Gasteiger partial charge is 0.458 e. The predicted molar refractivity (Wildman–Crippen MR) is 188 cm³/mol. The molecular formula is C34H57NO3Si4. The van der Waals surface area contributed by atoms with Crippen molar-refractivity contribution in [1.29, 1.82) is 5.26 Å². The maximum atomic E-state index is 14.6. The second-order valence-electron chi connectivity index (χ2n) is 16.6. The third-order valence-corrected chi connectivity index (χ3v) is 85.8. The molecule has 1 unspecified atom stereocenters. The van der Waals surface area contributed by atoms with E-state index in [1.807, 2.05) is 60.7 Å². The smallest absolute Gasteiger partial charge is 0.357 e. The summed E-state index contributed by atoms with van der Waals surface area (Å²) in [7, 11) is -7.16. The van der Waals surface area contributed by atoms with E-state index in [4.69, 9.17) is 9.16 Å². The number of rotatable bonds is 9. The molecule has 8 heteroatoms. The van der Waals surface area contributed by atoms with Gasteiger partial charge in [0.25, 0.3) is 5.60 Å². The van der Waals surface area contributed by atoms with Gasteiger partial charge in [-0.15, -0.1) is 0 Å². The molecule has 0 radical (unpaired) electrons. The van der Waals surface area contributed by atoms with Crippen molar-refractivity contribution < 1.29 is 14.0 Å². The van der Waals surface area contributed by atoms with Crippen LogP contribution in [0.3, 0.4) is 0 Å². The number of nitrogens with zero attached hydrogens (tertiary/aromatic N) is 1. The van der Waals surface area contributed by atoms with Crippen LogP contribution in [0, 0.1) is 11.3 Å². The first-order chi connectivity index (χ1) is 18.9. The summed E-state index contributed by atoms with van der Waals surface area (Å²) in [4.78, 5) is 14.6. The molecule has 0 aliphatic carbocycles. The van der Waals surface area contributed by atoms with E-state index in [0.29, 0.717) is 5.56 Å². The van der Waals surface area contributed by atoms with Gasteiger partial charge in [-0.1, -0.05) is 162 Å². The molecule has 2 aromatic rings. The second kappa shape index (κ2) is 12.0. The normalized spacial score (nSPS) is 15.5. The molecule has 2 aromatic carbocycles. The molecule has 0 saturated heterocycles. The topological polar surface area (TPSA) is 59.3 Å². The van der Waals surface area contributed by atoms with E-state index in [1.54, 1.807) is 0 Å². The number of hydrogen-bond acceptors (Lipinski definition) is 4. The highest BCUT2D eigenvalue weighted by molar-refractivity contribution is 7.88. The Bertz CT molecular complexity index is 1200. The summed E-state index contributed by atoms with van der Waals surface area (Å²) in [6.45, 7) is 33.5. The van der Waals surface area contributed by atoms with Crippen molar-refractivity contribution in [3.05, 3.63) is 71.8 Å². The summed E-state index contributed by atoms with van der Waals surface area (Å²) >= 11 is 0. The van der Waals surface area contributed by atoms with E-state index >= 15 is 0 Å². The average Bonchev–Trinajstić information content (AvgIpc) is 2.87. The van der Waals surface area contributed by atoms with E-state index < -0.39 is 41.2 Å². The van der Waals surface area contributed by atoms with Crippen LogP contribution in [-0.2, 0) is 26.2 Å². The molecule has 0 N–H and O–H groups in total. The van der Waals surface area contributed by atoms with E-state index in [9.17, 15) is 10.1 Å². The van der Waals surface area contributed by atoms with Crippen molar-refractivity contribution >= 4 is 35.6 Å². The Balaban J connectivity index is 3.12. The number of hydrogen-bond donors (Lipinski definition) is 0. The Morgan fingerprint density at radius 2 is 1.02 bits per heavy atom. The van der Waals surface area contributed by atoms with Crippen LogP contribution in [0.25, 0.3) is 0 Å². The van der Waals surface area contributed by atoms with E-state index in [-0.39, 0.29) is 21.7 Å². The Morgan fingerprint density at radius 3 is 1.36 bits per heavy atom. The van der Waals surface area contributed by atoms with Gasteiger partial charge in [-0.2, -0.15) is 5.26 Å². The summed E-state index contributed by atoms with van der Waals surface area (Å²) in [5.74, 6) is -0.604. The highest BCUT2D eigenvalue weighted by Gasteiger charge is 2.77. The van der Waals surface area contributed by atoms with Crippen LogP contribution < -0.4 is 0 Å².